The predicted molar refractivity (Wildman–Crippen MR) is 87.3 cm³/mol. The van der Waals surface area contributed by atoms with E-state index in [9.17, 15) is 9.59 Å². The molecule has 0 aliphatic carbocycles. The minimum Gasteiger partial charge on any atom is -0.482 e. The molecule has 5 nitrogen and oxygen atoms in total. The number of carbonyl (C=O) groups excluding carboxylic acids is 2. The molecule has 0 saturated heterocycles. The van der Waals surface area contributed by atoms with Gasteiger partial charge >= 0.3 is 0 Å². The largest absolute Gasteiger partial charge is 0.482 e. The quantitative estimate of drug-likeness (QED) is 0.940. The first kappa shape index (κ1) is 15.1. The van der Waals surface area contributed by atoms with Gasteiger partial charge in [0.25, 0.3) is 5.91 Å². The number of rotatable bonds is 4. The van der Waals surface area contributed by atoms with Crippen molar-refractivity contribution in [1.29, 1.82) is 0 Å². The molecule has 23 heavy (non-hydrogen) atoms. The third kappa shape index (κ3) is 3.51. The summed E-state index contributed by atoms with van der Waals surface area (Å²) in [6.07, 6.45) is 0. The van der Waals surface area contributed by atoms with Crippen LogP contribution in [0.2, 0.25) is 0 Å². The van der Waals surface area contributed by atoms with Gasteiger partial charge in [0.05, 0.1) is 5.69 Å². The molecule has 1 aliphatic rings. The Morgan fingerprint density at radius 2 is 2.00 bits per heavy atom. The van der Waals surface area contributed by atoms with Crippen LogP contribution in [0.15, 0.2) is 48.5 Å². The van der Waals surface area contributed by atoms with Gasteiger partial charge in [-0.1, -0.05) is 36.4 Å². The van der Waals surface area contributed by atoms with Crippen LogP contribution < -0.4 is 15.0 Å². The lowest BCUT2D eigenvalue weighted by Crippen LogP contribution is -2.45. The zero-order chi connectivity index (χ0) is 16.2. The van der Waals surface area contributed by atoms with Crippen molar-refractivity contribution in [3.8, 4) is 5.75 Å². The molecule has 0 bridgehead atoms. The fourth-order valence-electron chi connectivity index (χ4n) is 2.48. The van der Waals surface area contributed by atoms with E-state index in [1.54, 1.807) is 0 Å². The summed E-state index contributed by atoms with van der Waals surface area (Å²) in [5.41, 5.74) is 2.68. The molecule has 0 spiro atoms. The average Bonchev–Trinajstić information content (AvgIpc) is 2.57. The second-order valence-electron chi connectivity index (χ2n) is 5.50. The topological polar surface area (TPSA) is 58.6 Å². The minimum absolute atomic E-state index is 0.00845. The zero-order valence-electron chi connectivity index (χ0n) is 12.9. The van der Waals surface area contributed by atoms with Crippen molar-refractivity contribution in [2.75, 3.05) is 18.1 Å². The average molecular weight is 310 g/mol. The second kappa shape index (κ2) is 6.52. The first-order chi connectivity index (χ1) is 11.1. The van der Waals surface area contributed by atoms with Gasteiger partial charge in [-0.05, 0) is 30.2 Å². The Labute approximate surface area is 134 Å². The molecule has 0 radical (unpaired) electrons. The number of carbonyl (C=O) groups is 2. The molecule has 1 aliphatic heterocycles. The third-order valence-corrected chi connectivity index (χ3v) is 3.69. The number of amides is 2. The van der Waals surface area contributed by atoms with E-state index in [1.807, 2.05) is 55.5 Å². The zero-order valence-corrected chi connectivity index (χ0v) is 12.9. The van der Waals surface area contributed by atoms with E-state index in [4.69, 9.17) is 4.74 Å². The molecule has 1 N–H and O–H groups in total. The minimum atomic E-state index is -0.210. The van der Waals surface area contributed by atoms with E-state index in [1.165, 1.54) is 4.90 Å². The number of nitrogens with zero attached hydrogens (tertiary/aromatic N) is 1. The van der Waals surface area contributed by atoms with Crippen molar-refractivity contribution < 1.29 is 14.3 Å². The Hall–Kier alpha value is -2.82. The molecule has 0 fully saturated rings. The lowest BCUT2D eigenvalue weighted by atomic mass is 10.1. The number of ether oxygens (including phenoxy) is 1. The highest BCUT2D eigenvalue weighted by atomic mass is 16.5. The summed E-state index contributed by atoms with van der Waals surface area (Å²) in [5, 5.41) is 2.84. The molecule has 5 heteroatoms. The number of benzene rings is 2. The van der Waals surface area contributed by atoms with Crippen LogP contribution in [-0.4, -0.2) is 25.0 Å². The highest BCUT2D eigenvalue weighted by Gasteiger charge is 2.27. The molecule has 3 rings (SSSR count). The summed E-state index contributed by atoms with van der Waals surface area (Å²) in [6.45, 7) is 2.33. The third-order valence-electron chi connectivity index (χ3n) is 3.69. The van der Waals surface area contributed by atoms with Gasteiger partial charge in [-0.2, -0.15) is 0 Å². The fraction of sp³-hybridized carbons (Fsp3) is 0.222. The monoisotopic (exact) mass is 310 g/mol. The smallest absolute Gasteiger partial charge is 0.265 e. The van der Waals surface area contributed by atoms with Crippen LogP contribution in [0.5, 0.6) is 5.75 Å². The summed E-state index contributed by atoms with van der Waals surface area (Å²) >= 11 is 0. The molecule has 118 valence electrons. The molecule has 2 aromatic carbocycles. The maximum atomic E-state index is 12.2. The second-order valence-corrected chi connectivity index (χ2v) is 5.50. The maximum absolute atomic E-state index is 12.2. The van der Waals surface area contributed by atoms with Crippen LogP contribution >= 0.6 is 0 Å². The Kier molecular flexibility index (Phi) is 4.28. The van der Waals surface area contributed by atoms with Gasteiger partial charge in [-0.3, -0.25) is 14.5 Å². The van der Waals surface area contributed by atoms with Crippen molar-refractivity contribution in [3.63, 3.8) is 0 Å². The van der Waals surface area contributed by atoms with Crippen LogP contribution in [0.3, 0.4) is 0 Å². The van der Waals surface area contributed by atoms with E-state index in [0.29, 0.717) is 18.0 Å². The van der Waals surface area contributed by atoms with Gasteiger partial charge < -0.3 is 10.1 Å². The number of nitrogens with one attached hydrogen (secondary N) is 1. The van der Waals surface area contributed by atoms with Crippen LogP contribution in [0.1, 0.15) is 11.1 Å². The lowest BCUT2D eigenvalue weighted by Gasteiger charge is -2.29. The van der Waals surface area contributed by atoms with Gasteiger partial charge in [0.15, 0.2) is 6.61 Å². The van der Waals surface area contributed by atoms with E-state index in [2.05, 4.69) is 5.32 Å². The molecular weight excluding hydrogens is 292 g/mol. The first-order valence-electron chi connectivity index (χ1n) is 7.48. The normalized spacial score (nSPS) is 13.3. The maximum Gasteiger partial charge on any atom is 0.265 e. The van der Waals surface area contributed by atoms with E-state index >= 15 is 0 Å². The molecule has 0 saturated carbocycles. The Bertz CT molecular complexity index is 728. The Morgan fingerprint density at radius 1 is 1.22 bits per heavy atom. The highest BCUT2D eigenvalue weighted by Crippen LogP contribution is 2.32. The molecule has 0 aromatic heterocycles. The van der Waals surface area contributed by atoms with Crippen LogP contribution in [0.4, 0.5) is 5.69 Å². The Morgan fingerprint density at radius 3 is 2.78 bits per heavy atom. The fourth-order valence-corrected chi connectivity index (χ4v) is 2.48. The van der Waals surface area contributed by atoms with Crippen molar-refractivity contribution >= 4 is 17.5 Å². The van der Waals surface area contributed by atoms with E-state index < -0.39 is 0 Å². The summed E-state index contributed by atoms with van der Waals surface area (Å²) in [6, 6.07) is 15.3. The molecule has 2 amide bonds. The standard InChI is InChI=1S/C18H18N2O3/c1-13-7-8-16-15(9-13)20(18(22)12-23-16)11-17(21)19-10-14-5-3-2-4-6-14/h2-9H,10-12H2,1H3,(H,19,21). The lowest BCUT2D eigenvalue weighted by molar-refractivity contribution is -0.125. The van der Waals surface area contributed by atoms with Crippen molar-refractivity contribution in [2.45, 2.75) is 13.5 Å². The number of aryl methyl sites for hydroxylation is 1. The van der Waals surface area contributed by atoms with Gasteiger partial charge in [0.1, 0.15) is 12.3 Å². The molecular formula is C18H18N2O3. The Balaban J connectivity index is 1.68. The van der Waals surface area contributed by atoms with Gasteiger partial charge in [0.2, 0.25) is 5.91 Å². The predicted octanol–water partition coefficient (Wildman–Crippen LogP) is 2.04. The SMILES string of the molecule is Cc1ccc2c(c1)N(CC(=O)NCc1ccccc1)C(=O)CO2. The van der Waals surface area contributed by atoms with Gasteiger partial charge in [-0.15, -0.1) is 0 Å². The van der Waals surface area contributed by atoms with Crippen molar-refractivity contribution in [1.82, 2.24) is 5.32 Å². The number of fused-ring (bicyclic) bond motifs is 1. The van der Waals surface area contributed by atoms with Gasteiger partial charge in [0, 0.05) is 6.54 Å². The summed E-state index contributed by atoms with van der Waals surface area (Å²) in [5.74, 6) is 0.223. The summed E-state index contributed by atoms with van der Waals surface area (Å²) in [4.78, 5) is 25.8. The molecule has 0 unspecified atom stereocenters. The number of hydrogen-bond acceptors (Lipinski definition) is 3. The first-order valence-corrected chi connectivity index (χ1v) is 7.48. The van der Waals surface area contributed by atoms with E-state index in [-0.39, 0.29) is 25.0 Å². The number of anilines is 1. The van der Waals surface area contributed by atoms with Crippen molar-refractivity contribution in [2.24, 2.45) is 0 Å². The molecule has 1 heterocycles. The van der Waals surface area contributed by atoms with Crippen LogP contribution in [0, 0.1) is 6.92 Å². The van der Waals surface area contributed by atoms with Gasteiger partial charge in [-0.25, -0.2) is 0 Å². The van der Waals surface area contributed by atoms with E-state index in [0.717, 1.165) is 11.1 Å². The molecule has 0 atom stereocenters. The van der Waals surface area contributed by atoms with Crippen LogP contribution in [-0.2, 0) is 16.1 Å². The summed E-state index contributed by atoms with van der Waals surface area (Å²) in [7, 11) is 0. The highest BCUT2D eigenvalue weighted by molar-refractivity contribution is 6.02. The summed E-state index contributed by atoms with van der Waals surface area (Å²) < 4.78 is 5.41. The van der Waals surface area contributed by atoms with Crippen molar-refractivity contribution in [3.05, 3.63) is 59.7 Å². The van der Waals surface area contributed by atoms with Crippen LogP contribution in [0.25, 0.3) is 0 Å². The molecule has 2 aromatic rings. The number of hydrogen-bond donors (Lipinski definition) is 1.